The van der Waals surface area contributed by atoms with E-state index in [9.17, 15) is 4.79 Å². The fraction of sp³-hybridized carbons (Fsp3) is 0.235. The Labute approximate surface area is 144 Å². The van der Waals surface area contributed by atoms with Gasteiger partial charge in [0.05, 0.1) is 13.2 Å². The molecule has 6 heteroatoms. The van der Waals surface area contributed by atoms with Gasteiger partial charge in [0.2, 0.25) is 5.91 Å². The number of carbonyl (C=O) groups excluding carboxylic acids is 1. The van der Waals surface area contributed by atoms with Crippen molar-refractivity contribution in [3.8, 4) is 5.75 Å². The fourth-order valence-electron chi connectivity index (χ4n) is 1.87. The van der Waals surface area contributed by atoms with Gasteiger partial charge >= 0.3 is 0 Å². The van der Waals surface area contributed by atoms with Crippen LogP contribution in [0.25, 0.3) is 0 Å². The SMILES string of the molecule is COCCOc1ccc(NCC(=O)Nc2cccc(Br)c2)cc1. The summed E-state index contributed by atoms with van der Waals surface area (Å²) in [5, 5.41) is 5.90. The quantitative estimate of drug-likeness (QED) is 0.689. The maximum absolute atomic E-state index is 11.9. The van der Waals surface area contributed by atoms with E-state index >= 15 is 0 Å². The molecule has 2 rings (SSSR count). The Morgan fingerprint density at radius 1 is 1.09 bits per heavy atom. The predicted octanol–water partition coefficient (Wildman–Crippen LogP) is 3.52. The first-order chi connectivity index (χ1) is 11.2. The third kappa shape index (κ3) is 6.30. The molecule has 0 radical (unpaired) electrons. The van der Waals surface area contributed by atoms with Crippen molar-refractivity contribution in [3.63, 3.8) is 0 Å². The molecule has 0 heterocycles. The maximum atomic E-state index is 11.9. The average molecular weight is 379 g/mol. The Morgan fingerprint density at radius 2 is 1.87 bits per heavy atom. The van der Waals surface area contributed by atoms with Crippen LogP contribution in [0.1, 0.15) is 0 Å². The van der Waals surface area contributed by atoms with E-state index < -0.39 is 0 Å². The van der Waals surface area contributed by atoms with Crippen molar-refractivity contribution >= 4 is 33.2 Å². The number of amides is 1. The van der Waals surface area contributed by atoms with Crippen LogP contribution >= 0.6 is 15.9 Å². The van der Waals surface area contributed by atoms with E-state index in [0.717, 1.165) is 21.6 Å². The molecule has 0 aliphatic rings. The number of nitrogens with one attached hydrogen (secondary N) is 2. The van der Waals surface area contributed by atoms with E-state index in [4.69, 9.17) is 9.47 Å². The Balaban J connectivity index is 1.77. The van der Waals surface area contributed by atoms with Crippen LogP contribution < -0.4 is 15.4 Å². The van der Waals surface area contributed by atoms with Gasteiger partial charge in [-0.3, -0.25) is 4.79 Å². The van der Waals surface area contributed by atoms with E-state index in [-0.39, 0.29) is 12.5 Å². The van der Waals surface area contributed by atoms with Gasteiger partial charge in [0.1, 0.15) is 12.4 Å². The highest BCUT2D eigenvalue weighted by Gasteiger charge is 2.03. The minimum Gasteiger partial charge on any atom is -0.491 e. The Bertz CT molecular complexity index is 632. The average Bonchev–Trinajstić information content (AvgIpc) is 2.54. The van der Waals surface area contributed by atoms with Gasteiger partial charge in [0.15, 0.2) is 0 Å². The Morgan fingerprint density at radius 3 is 2.57 bits per heavy atom. The minimum atomic E-state index is -0.108. The van der Waals surface area contributed by atoms with Gasteiger partial charge in [-0.05, 0) is 42.5 Å². The monoisotopic (exact) mass is 378 g/mol. The van der Waals surface area contributed by atoms with Crippen molar-refractivity contribution in [1.29, 1.82) is 0 Å². The van der Waals surface area contributed by atoms with Crippen LogP contribution in [0.15, 0.2) is 53.0 Å². The molecule has 2 N–H and O–H groups in total. The fourth-order valence-corrected chi connectivity index (χ4v) is 2.26. The lowest BCUT2D eigenvalue weighted by Crippen LogP contribution is -2.21. The molecule has 0 aliphatic heterocycles. The molecule has 0 saturated carbocycles. The normalized spacial score (nSPS) is 10.2. The first kappa shape index (κ1) is 17.3. The summed E-state index contributed by atoms with van der Waals surface area (Å²) < 4.78 is 11.3. The summed E-state index contributed by atoms with van der Waals surface area (Å²) in [4.78, 5) is 11.9. The topological polar surface area (TPSA) is 59.6 Å². The second-order valence-corrected chi connectivity index (χ2v) is 5.69. The van der Waals surface area contributed by atoms with Crippen LogP contribution in [-0.4, -0.2) is 32.8 Å². The lowest BCUT2D eigenvalue weighted by atomic mass is 10.3. The molecule has 0 aliphatic carbocycles. The van der Waals surface area contributed by atoms with Crippen molar-refractivity contribution in [2.24, 2.45) is 0 Å². The maximum Gasteiger partial charge on any atom is 0.243 e. The summed E-state index contributed by atoms with van der Waals surface area (Å²) in [5.74, 6) is 0.662. The lowest BCUT2D eigenvalue weighted by molar-refractivity contribution is -0.114. The zero-order valence-corrected chi connectivity index (χ0v) is 14.4. The number of rotatable bonds is 8. The Hall–Kier alpha value is -2.05. The van der Waals surface area contributed by atoms with Gasteiger partial charge in [-0.1, -0.05) is 22.0 Å². The van der Waals surface area contributed by atoms with Crippen molar-refractivity contribution in [1.82, 2.24) is 0 Å². The first-order valence-electron chi connectivity index (χ1n) is 7.18. The number of anilines is 2. The van der Waals surface area contributed by atoms with Gasteiger partial charge < -0.3 is 20.1 Å². The van der Waals surface area contributed by atoms with Crippen LogP contribution in [0.5, 0.6) is 5.75 Å². The number of ether oxygens (including phenoxy) is 2. The van der Waals surface area contributed by atoms with Crippen LogP contribution in [0.3, 0.4) is 0 Å². The minimum absolute atomic E-state index is 0.108. The van der Waals surface area contributed by atoms with Gasteiger partial charge in [-0.15, -0.1) is 0 Å². The molecule has 122 valence electrons. The second kappa shape index (κ2) is 9.17. The molecular weight excluding hydrogens is 360 g/mol. The zero-order chi connectivity index (χ0) is 16.5. The Kier molecular flexibility index (Phi) is 6.90. The number of benzene rings is 2. The molecule has 5 nitrogen and oxygen atoms in total. The van der Waals surface area contributed by atoms with Gasteiger partial charge in [0.25, 0.3) is 0 Å². The zero-order valence-electron chi connectivity index (χ0n) is 12.8. The highest BCUT2D eigenvalue weighted by molar-refractivity contribution is 9.10. The summed E-state index contributed by atoms with van der Waals surface area (Å²) in [6.45, 7) is 1.25. The summed E-state index contributed by atoms with van der Waals surface area (Å²) in [5.41, 5.74) is 1.61. The second-order valence-electron chi connectivity index (χ2n) is 4.78. The van der Waals surface area contributed by atoms with E-state index in [1.54, 1.807) is 7.11 Å². The third-order valence-corrected chi connectivity index (χ3v) is 3.47. The molecule has 0 atom stereocenters. The molecule has 2 aromatic carbocycles. The molecule has 0 saturated heterocycles. The standard InChI is InChI=1S/C17H19BrN2O3/c1-22-9-10-23-16-7-5-14(6-8-16)19-12-17(21)20-15-4-2-3-13(18)11-15/h2-8,11,19H,9-10,12H2,1H3,(H,20,21). The number of halogens is 1. The van der Waals surface area contributed by atoms with Gasteiger partial charge in [0, 0.05) is 23.0 Å². The number of hydrogen-bond donors (Lipinski definition) is 2. The summed E-state index contributed by atoms with van der Waals surface area (Å²) in [6, 6.07) is 14.9. The first-order valence-corrected chi connectivity index (χ1v) is 7.98. The smallest absolute Gasteiger partial charge is 0.243 e. The van der Waals surface area contributed by atoms with E-state index in [1.807, 2.05) is 48.5 Å². The van der Waals surface area contributed by atoms with Crippen molar-refractivity contribution in [3.05, 3.63) is 53.0 Å². The van der Waals surface area contributed by atoms with Gasteiger partial charge in [-0.25, -0.2) is 0 Å². The highest BCUT2D eigenvalue weighted by Crippen LogP contribution is 2.17. The van der Waals surface area contributed by atoms with Crippen molar-refractivity contribution in [2.45, 2.75) is 0 Å². The largest absolute Gasteiger partial charge is 0.491 e. The molecule has 0 unspecified atom stereocenters. The summed E-state index contributed by atoms with van der Waals surface area (Å²) >= 11 is 3.37. The summed E-state index contributed by atoms with van der Waals surface area (Å²) in [6.07, 6.45) is 0. The van der Waals surface area contributed by atoms with Gasteiger partial charge in [-0.2, -0.15) is 0 Å². The highest BCUT2D eigenvalue weighted by atomic mass is 79.9. The molecule has 1 amide bonds. The van der Waals surface area contributed by atoms with Crippen molar-refractivity contribution in [2.75, 3.05) is 37.5 Å². The molecule has 2 aromatic rings. The van der Waals surface area contributed by atoms with Crippen LogP contribution in [0.4, 0.5) is 11.4 Å². The van der Waals surface area contributed by atoms with Crippen molar-refractivity contribution < 1.29 is 14.3 Å². The molecule has 0 bridgehead atoms. The third-order valence-electron chi connectivity index (χ3n) is 2.97. The van der Waals surface area contributed by atoms with E-state index in [0.29, 0.717) is 13.2 Å². The van der Waals surface area contributed by atoms with E-state index in [2.05, 4.69) is 26.6 Å². The number of carbonyl (C=O) groups is 1. The molecular formula is C17H19BrN2O3. The predicted molar refractivity (Wildman–Crippen MR) is 95.1 cm³/mol. The van der Waals surface area contributed by atoms with E-state index in [1.165, 1.54) is 0 Å². The van der Waals surface area contributed by atoms with Crippen LogP contribution in [0.2, 0.25) is 0 Å². The number of methoxy groups -OCH3 is 1. The lowest BCUT2D eigenvalue weighted by Gasteiger charge is -2.09. The summed E-state index contributed by atoms with van der Waals surface area (Å²) in [7, 11) is 1.63. The number of hydrogen-bond acceptors (Lipinski definition) is 4. The molecule has 0 aromatic heterocycles. The van der Waals surface area contributed by atoms with Crippen LogP contribution in [-0.2, 0) is 9.53 Å². The van der Waals surface area contributed by atoms with Crippen LogP contribution in [0, 0.1) is 0 Å². The molecule has 0 fully saturated rings. The molecule has 23 heavy (non-hydrogen) atoms. The molecule has 0 spiro atoms.